The summed E-state index contributed by atoms with van der Waals surface area (Å²) in [6.07, 6.45) is 1.71. The van der Waals surface area contributed by atoms with E-state index in [4.69, 9.17) is 4.42 Å². The fourth-order valence-electron chi connectivity index (χ4n) is 1.95. The molecule has 2 rings (SSSR count). The third-order valence-corrected chi connectivity index (χ3v) is 3.00. The molecule has 0 saturated carbocycles. The van der Waals surface area contributed by atoms with Gasteiger partial charge in [0.1, 0.15) is 5.92 Å². The van der Waals surface area contributed by atoms with E-state index >= 15 is 0 Å². The van der Waals surface area contributed by atoms with E-state index < -0.39 is 28.6 Å². The number of carbonyl (C=O) groups is 2. The minimum absolute atomic E-state index is 0.0340. The number of amides is 1. The number of hydrogen-bond acceptors (Lipinski definition) is 5. The predicted molar refractivity (Wildman–Crippen MR) is 59.6 cm³/mol. The monoisotopic (exact) mass is 252 g/mol. The van der Waals surface area contributed by atoms with Crippen LogP contribution < -0.4 is 5.32 Å². The molecule has 1 N–H and O–H groups in total. The lowest BCUT2D eigenvalue weighted by atomic mass is 9.95. The molecule has 2 heterocycles. The van der Waals surface area contributed by atoms with Gasteiger partial charge in [0.05, 0.1) is 12.8 Å². The lowest BCUT2D eigenvalue weighted by Crippen LogP contribution is -2.37. The fourth-order valence-corrected chi connectivity index (χ4v) is 1.95. The van der Waals surface area contributed by atoms with E-state index in [1.165, 1.54) is 12.3 Å². The molecule has 1 aromatic heterocycles. The molecule has 1 aromatic rings. The molecule has 2 unspecified atom stereocenters. The minimum atomic E-state index is -0.902. The zero-order chi connectivity index (χ0) is 13.1. The van der Waals surface area contributed by atoms with Gasteiger partial charge in [-0.1, -0.05) is 0 Å². The number of hydrogen-bond donors (Lipinski definition) is 1. The van der Waals surface area contributed by atoms with Crippen LogP contribution in [0.5, 0.6) is 0 Å². The van der Waals surface area contributed by atoms with E-state index in [0.29, 0.717) is 0 Å². The molecule has 0 spiro atoms. The van der Waals surface area contributed by atoms with Gasteiger partial charge in [-0.05, 0) is 18.6 Å². The van der Waals surface area contributed by atoms with E-state index in [1.54, 1.807) is 6.07 Å². The highest BCUT2D eigenvalue weighted by molar-refractivity contribution is 6.08. The van der Waals surface area contributed by atoms with Crippen molar-refractivity contribution >= 4 is 11.7 Å². The van der Waals surface area contributed by atoms with Crippen LogP contribution in [0.2, 0.25) is 0 Å². The first-order valence-corrected chi connectivity index (χ1v) is 5.58. The Hall–Kier alpha value is -2.18. The van der Waals surface area contributed by atoms with Crippen molar-refractivity contribution in [2.75, 3.05) is 6.54 Å². The summed E-state index contributed by atoms with van der Waals surface area (Å²) >= 11 is 0. The van der Waals surface area contributed by atoms with Crippen molar-refractivity contribution < 1.29 is 18.9 Å². The van der Waals surface area contributed by atoms with Crippen molar-refractivity contribution in [1.82, 2.24) is 5.32 Å². The van der Waals surface area contributed by atoms with Gasteiger partial charge in [-0.3, -0.25) is 19.7 Å². The summed E-state index contributed by atoms with van der Waals surface area (Å²) in [6.45, 7) is -0.0340. The number of nitrogens with one attached hydrogen (secondary N) is 1. The molecule has 7 heteroatoms. The summed E-state index contributed by atoms with van der Waals surface area (Å²) in [5.41, 5.74) is 0. The largest absolute Gasteiger partial charge is 0.461 e. The molecule has 96 valence electrons. The highest BCUT2D eigenvalue weighted by atomic mass is 16.6. The Morgan fingerprint density at radius 3 is 2.89 bits per heavy atom. The zero-order valence-corrected chi connectivity index (χ0v) is 9.50. The summed E-state index contributed by atoms with van der Waals surface area (Å²) in [5.74, 6) is -1.70. The van der Waals surface area contributed by atoms with E-state index in [9.17, 15) is 19.7 Å². The quantitative estimate of drug-likeness (QED) is 0.368. The molecule has 1 aliphatic heterocycles. The second kappa shape index (κ2) is 4.99. The first-order chi connectivity index (χ1) is 8.59. The summed E-state index contributed by atoms with van der Waals surface area (Å²) in [4.78, 5) is 33.9. The normalized spacial score (nSPS) is 24.1. The van der Waals surface area contributed by atoms with Crippen LogP contribution in [-0.4, -0.2) is 29.2 Å². The Balaban J connectivity index is 2.11. The molecule has 2 atom stereocenters. The van der Waals surface area contributed by atoms with E-state index in [-0.39, 0.29) is 25.1 Å². The zero-order valence-electron chi connectivity index (χ0n) is 9.50. The highest BCUT2D eigenvalue weighted by Crippen LogP contribution is 2.19. The summed E-state index contributed by atoms with van der Waals surface area (Å²) < 4.78 is 4.95. The van der Waals surface area contributed by atoms with Gasteiger partial charge in [-0.25, -0.2) is 0 Å². The van der Waals surface area contributed by atoms with Gasteiger partial charge >= 0.3 is 0 Å². The number of nitro groups is 1. The van der Waals surface area contributed by atoms with Crippen molar-refractivity contribution in [3.05, 3.63) is 34.3 Å². The minimum Gasteiger partial charge on any atom is -0.461 e. The summed E-state index contributed by atoms with van der Waals surface area (Å²) in [6, 6.07) is 2.20. The molecular formula is C11H12N2O5. The van der Waals surface area contributed by atoms with Crippen LogP contribution in [0.25, 0.3) is 0 Å². The molecule has 0 aromatic carbocycles. The summed E-state index contributed by atoms with van der Waals surface area (Å²) in [5, 5.41) is 13.1. The number of furan rings is 1. The number of Topliss-reactive ketones (excluding diaryl/α,β-unsaturated/α-hetero) is 1. The third kappa shape index (κ3) is 2.39. The summed E-state index contributed by atoms with van der Waals surface area (Å²) in [7, 11) is 0. The van der Waals surface area contributed by atoms with E-state index in [0.717, 1.165) is 0 Å². The third-order valence-electron chi connectivity index (χ3n) is 3.00. The van der Waals surface area contributed by atoms with Crippen LogP contribution >= 0.6 is 0 Å². The number of rotatable bonds is 3. The van der Waals surface area contributed by atoms with Crippen molar-refractivity contribution in [3.63, 3.8) is 0 Å². The lowest BCUT2D eigenvalue weighted by Gasteiger charge is -2.08. The number of nitrogens with zero attached hydrogens (tertiary/aromatic N) is 1. The Bertz CT molecular complexity index is 468. The van der Waals surface area contributed by atoms with Gasteiger partial charge in [-0.2, -0.15) is 0 Å². The smallest absolute Gasteiger partial charge is 0.231 e. The molecule has 0 aliphatic carbocycles. The molecule has 18 heavy (non-hydrogen) atoms. The van der Waals surface area contributed by atoms with Crippen LogP contribution in [0.1, 0.15) is 23.4 Å². The maximum atomic E-state index is 12.0. The Morgan fingerprint density at radius 1 is 1.50 bits per heavy atom. The maximum absolute atomic E-state index is 12.0. The second-order valence-electron chi connectivity index (χ2n) is 4.16. The van der Waals surface area contributed by atoms with Crippen molar-refractivity contribution in [2.45, 2.75) is 18.9 Å². The average Bonchev–Trinajstić information content (AvgIpc) is 2.79. The number of carbonyl (C=O) groups excluding carboxylic acids is 2. The topological polar surface area (TPSA) is 102 Å². The van der Waals surface area contributed by atoms with Crippen molar-refractivity contribution in [1.29, 1.82) is 0 Å². The average molecular weight is 252 g/mol. The number of ketones is 1. The van der Waals surface area contributed by atoms with E-state index in [2.05, 4.69) is 5.32 Å². The molecule has 1 amide bonds. The Kier molecular flexibility index (Phi) is 3.40. The fraction of sp³-hybridized carbons (Fsp3) is 0.455. The Labute approximate surface area is 102 Å². The maximum Gasteiger partial charge on any atom is 0.231 e. The van der Waals surface area contributed by atoms with Gasteiger partial charge in [-0.15, -0.1) is 0 Å². The molecule has 7 nitrogen and oxygen atoms in total. The SMILES string of the molecule is O=C1NCC([N+](=O)[O-])CCC1C(=O)c1ccco1. The van der Waals surface area contributed by atoms with Crippen LogP contribution in [0.4, 0.5) is 0 Å². The van der Waals surface area contributed by atoms with Crippen LogP contribution in [0.15, 0.2) is 22.8 Å². The lowest BCUT2D eigenvalue weighted by molar-refractivity contribution is -0.520. The predicted octanol–water partition coefficient (Wildman–Crippen LogP) is 0.634. The molecule has 1 saturated heterocycles. The Morgan fingerprint density at radius 2 is 2.28 bits per heavy atom. The van der Waals surface area contributed by atoms with Gasteiger partial charge in [0.2, 0.25) is 17.7 Å². The molecule has 1 aliphatic rings. The van der Waals surface area contributed by atoms with Crippen molar-refractivity contribution in [2.24, 2.45) is 5.92 Å². The highest BCUT2D eigenvalue weighted by Gasteiger charge is 2.35. The van der Waals surface area contributed by atoms with Crippen LogP contribution in [0.3, 0.4) is 0 Å². The molecule has 1 fully saturated rings. The first kappa shape index (κ1) is 12.3. The molecular weight excluding hydrogens is 240 g/mol. The second-order valence-corrected chi connectivity index (χ2v) is 4.16. The standard InChI is InChI=1S/C11H12N2O5/c14-10(9-2-1-5-18-9)8-4-3-7(13(16)17)6-12-11(8)15/h1-2,5,7-8H,3-4,6H2,(H,12,15). The van der Waals surface area contributed by atoms with E-state index in [1.807, 2.05) is 0 Å². The molecule has 0 radical (unpaired) electrons. The van der Waals surface area contributed by atoms with Gasteiger partial charge in [0.25, 0.3) is 0 Å². The first-order valence-electron chi connectivity index (χ1n) is 5.58. The van der Waals surface area contributed by atoms with Gasteiger partial charge < -0.3 is 9.73 Å². The van der Waals surface area contributed by atoms with Crippen LogP contribution in [-0.2, 0) is 4.79 Å². The van der Waals surface area contributed by atoms with Crippen LogP contribution in [0, 0.1) is 16.0 Å². The van der Waals surface area contributed by atoms with Gasteiger partial charge in [0, 0.05) is 11.3 Å². The van der Waals surface area contributed by atoms with Crippen molar-refractivity contribution in [3.8, 4) is 0 Å². The molecule has 0 bridgehead atoms. The van der Waals surface area contributed by atoms with Gasteiger partial charge in [0.15, 0.2) is 5.76 Å².